The first-order valence-electron chi connectivity index (χ1n) is 4.83. The molecule has 0 rings (SSSR count). The van der Waals surface area contributed by atoms with E-state index in [-0.39, 0.29) is 0 Å². The van der Waals surface area contributed by atoms with Crippen LogP contribution in [-0.4, -0.2) is 43.0 Å². The quantitative estimate of drug-likeness (QED) is 0.460. The molecule has 0 aliphatic rings. The number of hydrogen-bond donors (Lipinski definition) is 0. The Bertz CT molecular complexity index is 129. The number of hydrogen-bond acceptors (Lipinski definition) is 4. The highest BCUT2D eigenvalue weighted by molar-refractivity contribution is 6.60. The molecule has 5 heteroatoms. The highest BCUT2D eigenvalue weighted by Crippen LogP contribution is 2.07. The molecule has 0 saturated heterocycles. The van der Waals surface area contributed by atoms with Crippen molar-refractivity contribution in [2.24, 2.45) is 5.92 Å². The predicted octanol–water partition coefficient (Wildman–Crippen LogP) is 1.47. The molecule has 0 bridgehead atoms. The van der Waals surface area contributed by atoms with Crippen molar-refractivity contribution in [2.45, 2.75) is 20.3 Å². The first-order valence-corrected chi connectivity index (χ1v) is 6.76. The average molecular weight is 222 g/mol. The molecule has 0 fully saturated rings. The fourth-order valence-electron chi connectivity index (χ4n) is 0.943. The van der Waals surface area contributed by atoms with Crippen molar-refractivity contribution in [2.75, 3.05) is 34.2 Å². The van der Waals surface area contributed by atoms with Gasteiger partial charge >= 0.3 is 8.80 Å². The van der Waals surface area contributed by atoms with Gasteiger partial charge in [-0.05, 0) is 12.3 Å². The van der Waals surface area contributed by atoms with Crippen molar-refractivity contribution in [1.82, 2.24) is 0 Å². The van der Waals surface area contributed by atoms with Gasteiger partial charge in [-0.25, -0.2) is 0 Å². The van der Waals surface area contributed by atoms with Crippen LogP contribution in [0.3, 0.4) is 0 Å². The Balaban J connectivity index is 3.71. The molecule has 0 aromatic rings. The molecule has 0 aromatic heterocycles. The standard InChI is InChI=1S/C9H22O4Si/c1-9(2)6-7-13-8-14(10-3,11-4)12-5/h9H,6-8H2,1-5H3. The van der Waals surface area contributed by atoms with Gasteiger partial charge < -0.3 is 18.0 Å². The Kier molecular flexibility index (Phi) is 7.39. The van der Waals surface area contributed by atoms with Gasteiger partial charge in [-0.2, -0.15) is 0 Å². The molecule has 4 nitrogen and oxygen atoms in total. The predicted molar refractivity (Wildman–Crippen MR) is 57.1 cm³/mol. The molecule has 86 valence electrons. The third kappa shape index (κ3) is 5.07. The average Bonchev–Trinajstić information content (AvgIpc) is 2.19. The summed E-state index contributed by atoms with van der Waals surface area (Å²) in [5.74, 6) is 0.652. The summed E-state index contributed by atoms with van der Waals surface area (Å²) in [7, 11) is 2.25. The molecule has 0 aliphatic carbocycles. The first kappa shape index (κ1) is 14.1. The van der Waals surface area contributed by atoms with Crippen molar-refractivity contribution >= 4 is 8.80 Å². The van der Waals surface area contributed by atoms with Crippen molar-refractivity contribution < 1.29 is 18.0 Å². The molecule has 0 radical (unpaired) electrons. The van der Waals surface area contributed by atoms with E-state index in [4.69, 9.17) is 18.0 Å². The fraction of sp³-hybridized carbons (Fsp3) is 1.00. The van der Waals surface area contributed by atoms with E-state index in [1.165, 1.54) is 0 Å². The Hall–Kier alpha value is 0.0569. The summed E-state index contributed by atoms with van der Waals surface area (Å²) in [4.78, 5) is 0. The lowest BCUT2D eigenvalue weighted by Gasteiger charge is -2.24. The minimum atomic E-state index is -2.51. The molecule has 0 heterocycles. The summed E-state index contributed by atoms with van der Waals surface area (Å²) < 4.78 is 21.1. The summed E-state index contributed by atoms with van der Waals surface area (Å²) in [5, 5.41) is 0. The minimum Gasteiger partial charge on any atom is -0.377 e. The van der Waals surface area contributed by atoms with Gasteiger partial charge in [0.2, 0.25) is 0 Å². The molecule has 0 aliphatic heterocycles. The normalized spacial score (nSPS) is 12.4. The Labute approximate surface area is 87.9 Å². The topological polar surface area (TPSA) is 36.9 Å². The molecule has 0 aromatic carbocycles. The molecule has 0 atom stereocenters. The van der Waals surface area contributed by atoms with E-state index in [0.717, 1.165) is 13.0 Å². The van der Waals surface area contributed by atoms with Gasteiger partial charge in [0.1, 0.15) is 6.23 Å². The van der Waals surface area contributed by atoms with Gasteiger partial charge in [0.25, 0.3) is 0 Å². The maximum Gasteiger partial charge on any atom is 0.527 e. The number of ether oxygens (including phenoxy) is 1. The zero-order chi connectivity index (χ0) is 11.0. The summed E-state index contributed by atoms with van der Waals surface area (Å²) in [6.45, 7) is 5.05. The largest absolute Gasteiger partial charge is 0.527 e. The summed E-state index contributed by atoms with van der Waals surface area (Å²) >= 11 is 0. The smallest absolute Gasteiger partial charge is 0.377 e. The van der Waals surface area contributed by atoms with E-state index in [1.807, 2.05) is 0 Å². The van der Waals surface area contributed by atoms with Gasteiger partial charge in [0, 0.05) is 27.9 Å². The molecule has 0 N–H and O–H groups in total. The zero-order valence-electron chi connectivity index (χ0n) is 9.83. The van der Waals surface area contributed by atoms with Gasteiger partial charge in [-0.1, -0.05) is 13.8 Å². The maximum absolute atomic E-state index is 5.47. The summed E-state index contributed by atoms with van der Waals surface area (Å²) in [6.07, 6.45) is 1.46. The minimum absolute atomic E-state index is 0.420. The van der Waals surface area contributed by atoms with Crippen molar-refractivity contribution in [1.29, 1.82) is 0 Å². The van der Waals surface area contributed by atoms with Crippen molar-refractivity contribution in [3.8, 4) is 0 Å². The molecule has 0 spiro atoms. The third-order valence-electron chi connectivity index (χ3n) is 2.05. The summed E-state index contributed by atoms with van der Waals surface area (Å²) in [5.41, 5.74) is 0. The highest BCUT2D eigenvalue weighted by atomic mass is 28.4. The highest BCUT2D eigenvalue weighted by Gasteiger charge is 2.38. The molecule has 0 saturated carbocycles. The Morgan fingerprint density at radius 1 is 1.00 bits per heavy atom. The van der Waals surface area contributed by atoms with E-state index >= 15 is 0 Å². The van der Waals surface area contributed by atoms with Crippen LogP contribution in [0.5, 0.6) is 0 Å². The van der Waals surface area contributed by atoms with Crippen LogP contribution in [0.2, 0.25) is 0 Å². The lowest BCUT2D eigenvalue weighted by molar-refractivity contribution is 0.0603. The molecule has 0 amide bonds. The molecule has 14 heavy (non-hydrogen) atoms. The van der Waals surface area contributed by atoms with E-state index in [2.05, 4.69) is 13.8 Å². The molecular weight excluding hydrogens is 200 g/mol. The molecule has 0 unspecified atom stereocenters. The Morgan fingerprint density at radius 2 is 1.50 bits per heavy atom. The monoisotopic (exact) mass is 222 g/mol. The lowest BCUT2D eigenvalue weighted by atomic mass is 10.1. The van der Waals surface area contributed by atoms with E-state index in [9.17, 15) is 0 Å². The van der Waals surface area contributed by atoms with E-state index < -0.39 is 8.80 Å². The van der Waals surface area contributed by atoms with E-state index in [1.54, 1.807) is 21.3 Å². The van der Waals surface area contributed by atoms with Gasteiger partial charge in [0.05, 0.1) is 0 Å². The second kappa shape index (κ2) is 7.36. The third-order valence-corrected chi connectivity index (χ3v) is 4.48. The van der Waals surface area contributed by atoms with Crippen LogP contribution >= 0.6 is 0 Å². The Morgan fingerprint density at radius 3 is 1.86 bits per heavy atom. The first-order chi connectivity index (χ1) is 6.60. The second-order valence-electron chi connectivity index (χ2n) is 3.53. The van der Waals surface area contributed by atoms with Crippen molar-refractivity contribution in [3.05, 3.63) is 0 Å². The summed E-state index contributed by atoms with van der Waals surface area (Å²) in [6, 6.07) is 0. The zero-order valence-corrected chi connectivity index (χ0v) is 10.8. The van der Waals surface area contributed by atoms with Gasteiger partial charge in [-0.3, -0.25) is 0 Å². The van der Waals surface area contributed by atoms with Crippen LogP contribution < -0.4 is 0 Å². The van der Waals surface area contributed by atoms with Crippen LogP contribution in [0.1, 0.15) is 20.3 Å². The van der Waals surface area contributed by atoms with Gasteiger partial charge in [-0.15, -0.1) is 0 Å². The van der Waals surface area contributed by atoms with Crippen LogP contribution in [0.15, 0.2) is 0 Å². The van der Waals surface area contributed by atoms with Crippen molar-refractivity contribution in [3.63, 3.8) is 0 Å². The molecular formula is C9H22O4Si. The lowest BCUT2D eigenvalue weighted by Crippen LogP contribution is -2.48. The number of rotatable bonds is 8. The van der Waals surface area contributed by atoms with Crippen LogP contribution in [0.25, 0.3) is 0 Å². The SMILES string of the molecule is CO[Si](COCCC(C)C)(OC)OC. The second-order valence-corrected chi connectivity index (χ2v) is 6.41. The van der Waals surface area contributed by atoms with Crippen LogP contribution in [0, 0.1) is 5.92 Å². The van der Waals surface area contributed by atoms with Gasteiger partial charge in [0.15, 0.2) is 0 Å². The van der Waals surface area contributed by atoms with E-state index in [0.29, 0.717) is 12.1 Å². The van der Waals surface area contributed by atoms with Crippen LogP contribution in [-0.2, 0) is 18.0 Å². The van der Waals surface area contributed by atoms with Crippen LogP contribution in [0.4, 0.5) is 0 Å². The maximum atomic E-state index is 5.47. The fourth-order valence-corrected chi connectivity index (χ4v) is 2.19.